The molecule has 23 heavy (non-hydrogen) atoms. The number of aliphatic carboxylic acids is 1. The van der Waals surface area contributed by atoms with Crippen molar-refractivity contribution in [2.45, 2.75) is 40.2 Å². The topological polar surface area (TPSA) is 107 Å². The Morgan fingerprint density at radius 3 is 2.13 bits per heavy atom. The summed E-state index contributed by atoms with van der Waals surface area (Å²) in [5.74, 6) is -0.0612. The SMILES string of the molecule is CC(C)C(C)(N)C(C)C.N#CC(=CC(=O)O)c1cccc(O)c1. The van der Waals surface area contributed by atoms with Gasteiger partial charge in [-0.25, -0.2) is 4.79 Å². The Morgan fingerprint density at radius 2 is 1.83 bits per heavy atom. The number of rotatable bonds is 4. The molecular formula is C18H26N2O3. The van der Waals surface area contributed by atoms with Crippen molar-refractivity contribution in [1.29, 1.82) is 5.26 Å². The van der Waals surface area contributed by atoms with Gasteiger partial charge in [0.2, 0.25) is 0 Å². The summed E-state index contributed by atoms with van der Waals surface area (Å²) in [5, 5.41) is 26.2. The number of nitrogens with zero attached hydrogens (tertiary/aromatic N) is 1. The highest BCUT2D eigenvalue weighted by Crippen LogP contribution is 2.21. The molecule has 0 aromatic heterocycles. The summed E-state index contributed by atoms with van der Waals surface area (Å²) in [7, 11) is 0. The Hall–Kier alpha value is -2.32. The summed E-state index contributed by atoms with van der Waals surface area (Å²) < 4.78 is 0. The molecule has 0 bridgehead atoms. The average molecular weight is 318 g/mol. The number of nitriles is 1. The van der Waals surface area contributed by atoms with Crippen LogP contribution >= 0.6 is 0 Å². The van der Waals surface area contributed by atoms with E-state index in [1.807, 2.05) is 0 Å². The van der Waals surface area contributed by atoms with Gasteiger partial charge < -0.3 is 15.9 Å². The summed E-state index contributed by atoms with van der Waals surface area (Å²) >= 11 is 0. The molecule has 1 rings (SSSR count). The first kappa shape index (κ1) is 20.7. The number of nitrogens with two attached hydrogens (primary N) is 1. The smallest absolute Gasteiger partial charge is 0.329 e. The number of hydrogen-bond donors (Lipinski definition) is 3. The first-order valence-corrected chi connectivity index (χ1v) is 7.45. The molecule has 1 aromatic rings. The number of carboxylic acid groups (broad SMARTS) is 1. The van der Waals surface area contributed by atoms with Crippen molar-refractivity contribution in [1.82, 2.24) is 0 Å². The molecule has 0 heterocycles. The van der Waals surface area contributed by atoms with E-state index in [9.17, 15) is 4.79 Å². The molecule has 4 N–H and O–H groups in total. The van der Waals surface area contributed by atoms with E-state index < -0.39 is 5.97 Å². The summed E-state index contributed by atoms with van der Waals surface area (Å²) in [6, 6.07) is 7.61. The third kappa shape index (κ3) is 6.98. The number of phenolic OH excluding ortho intramolecular Hbond substituents is 1. The van der Waals surface area contributed by atoms with Gasteiger partial charge in [-0.1, -0.05) is 39.8 Å². The second-order valence-electron chi connectivity index (χ2n) is 6.23. The number of benzene rings is 1. The zero-order valence-electron chi connectivity index (χ0n) is 14.4. The van der Waals surface area contributed by atoms with E-state index >= 15 is 0 Å². The fourth-order valence-electron chi connectivity index (χ4n) is 1.64. The van der Waals surface area contributed by atoms with Crippen LogP contribution in [0.2, 0.25) is 0 Å². The van der Waals surface area contributed by atoms with Gasteiger partial charge in [0.1, 0.15) is 11.8 Å². The zero-order chi connectivity index (χ0) is 18.2. The van der Waals surface area contributed by atoms with E-state index in [0.717, 1.165) is 6.08 Å². The molecule has 1 aromatic carbocycles. The molecular weight excluding hydrogens is 292 g/mol. The van der Waals surface area contributed by atoms with E-state index in [-0.39, 0.29) is 16.9 Å². The predicted octanol–water partition coefficient (Wildman–Crippen LogP) is 3.40. The third-order valence-electron chi connectivity index (χ3n) is 4.03. The van der Waals surface area contributed by atoms with E-state index in [2.05, 4.69) is 34.6 Å². The normalized spacial score (nSPS) is 11.7. The van der Waals surface area contributed by atoms with Crippen LogP contribution in [-0.2, 0) is 4.79 Å². The van der Waals surface area contributed by atoms with E-state index in [1.54, 1.807) is 12.1 Å². The summed E-state index contributed by atoms with van der Waals surface area (Å²) in [6.45, 7) is 10.8. The molecule has 0 aliphatic carbocycles. The summed E-state index contributed by atoms with van der Waals surface area (Å²) in [5.41, 5.74) is 6.39. The molecule has 0 saturated heterocycles. The maximum absolute atomic E-state index is 10.3. The Kier molecular flexibility index (Phi) is 8.06. The van der Waals surface area contributed by atoms with Crippen molar-refractivity contribution < 1.29 is 15.0 Å². The molecule has 0 atom stereocenters. The first-order chi connectivity index (χ1) is 10.5. The van der Waals surface area contributed by atoms with Gasteiger partial charge in [0.25, 0.3) is 0 Å². The average Bonchev–Trinajstić information content (AvgIpc) is 2.44. The van der Waals surface area contributed by atoms with E-state index in [4.69, 9.17) is 21.2 Å². The molecule has 5 heteroatoms. The Bertz CT molecular complexity index is 587. The van der Waals surface area contributed by atoms with Crippen molar-refractivity contribution >= 4 is 11.5 Å². The molecule has 0 fully saturated rings. The van der Waals surface area contributed by atoms with Gasteiger partial charge in [0.15, 0.2) is 0 Å². The lowest BCUT2D eigenvalue weighted by Crippen LogP contribution is -2.46. The quantitative estimate of drug-likeness (QED) is 0.582. The van der Waals surface area contributed by atoms with Crippen LogP contribution in [0.4, 0.5) is 0 Å². The van der Waals surface area contributed by atoms with Gasteiger partial charge in [-0.15, -0.1) is 0 Å². The van der Waals surface area contributed by atoms with Gasteiger partial charge in [-0.2, -0.15) is 5.26 Å². The Labute approximate surface area is 138 Å². The fourth-order valence-corrected chi connectivity index (χ4v) is 1.64. The molecule has 0 aliphatic rings. The maximum atomic E-state index is 10.3. The minimum Gasteiger partial charge on any atom is -0.508 e. The van der Waals surface area contributed by atoms with E-state index in [1.165, 1.54) is 18.2 Å². The lowest BCUT2D eigenvalue weighted by molar-refractivity contribution is -0.131. The second kappa shape index (κ2) is 8.96. The lowest BCUT2D eigenvalue weighted by Gasteiger charge is -2.33. The van der Waals surface area contributed by atoms with Crippen LogP contribution in [-0.4, -0.2) is 21.7 Å². The Morgan fingerprint density at radius 1 is 1.30 bits per heavy atom. The van der Waals surface area contributed by atoms with Crippen LogP contribution in [0.1, 0.15) is 40.2 Å². The first-order valence-electron chi connectivity index (χ1n) is 7.45. The maximum Gasteiger partial charge on any atom is 0.329 e. The highest BCUT2D eigenvalue weighted by atomic mass is 16.4. The monoisotopic (exact) mass is 318 g/mol. The van der Waals surface area contributed by atoms with Crippen molar-refractivity contribution in [3.8, 4) is 11.8 Å². The second-order valence-corrected chi connectivity index (χ2v) is 6.23. The van der Waals surface area contributed by atoms with E-state index in [0.29, 0.717) is 17.4 Å². The molecule has 0 aliphatic heterocycles. The molecule has 0 radical (unpaired) electrons. The van der Waals surface area contributed by atoms with Crippen LogP contribution in [0.5, 0.6) is 5.75 Å². The number of hydrogen-bond acceptors (Lipinski definition) is 4. The summed E-state index contributed by atoms with van der Waals surface area (Å²) in [4.78, 5) is 10.3. The zero-order valence-corrected chi connectivity index (χ0v) is 14.4. The number of carboxylic acids is 1. The third-order valence-corrected chi connectivity index (χ3v) is 4.03. The lowest BCUT2D eigenvalue weighted by atomic mass is 9.80. The minimum atomic E-state index is -1.19. The standard InChI is InChI=1S/C10H7NO3.C8H19N/c11-6-8(5-10(13)14)7-2-1-3-9(12)4-7;1-6(2)8(5,9)7(3)4/h1-5,12H,(H,13,14);6-7H,9H2,1-5H3. The number of aromatic hydroxyl groups is 1. The number of allylic oxidation sites excluding steroid dienone is 1. The summed E-state index contributed by atoms with van der Waals surface area (Å²) in [6.07, 6.45) is 0.800. The Balaban J connectivity index is 0.000000468. The molecule has 0 unspecified atom stereocenters. The highest BCUT2D eigenvalue weighted by Gasteiger charge is 2.26. The van der Waals surface area contributed by atoms with Crippen LogP contribution in [0.15, 0.2) is 30.3 Å². The largest absolute Gasteiger partial charge is 0.508 e. The van der Waals surface area contributed by atoms with Crippen molar-refractivity contribution in [3.05, 3.63) is 35.9 Å². The van der Waals surface area contributed by atoms with Crippen LogP contribution in [0, 0.1) is 23.2 Å². The van der Waals surface area contributed by atoms with Crippen LogP contribution < -0.4 is 5.73 Å². The number of phenols is 1. The van der Waals surface area contributed by atoms with Gasteiger partial charge in [-0.3, -0.25) is 0 Å². The molecule has 126 valence electrons. The van der Waals surface area contributed by atoms with Crippen LogP contribution in [0.25, 0.3) is 5.57 Å². The predicted molar refractivity (Wildman–Crippen MR) is 91.6 cm³/mol. The van der Waals surface area contributed by atoms with Gasteiger partial charge in [-0.05, 0) is 36.5 Å². The van der Waals surface area contributed by atoms with Crippen molar-refractivity contribution in [2.24, 2.45) is 17.6 Å². The highest BCUT2D eigenvalue weighted by molar-refractivity contribution is 5.94. The van der Waals surface area contributed by atoms with Gasteiger partial charge >= 0.3 is 5.97 Å². The van der Waals surface area contributed by atoms with Crippen LogP contribution in [0.3, 0.4) is 0 Å². The fraction of sp³-hybridized carbons (Fsp3) is 0.444. The molecule has 5 nitrogen and oxygen atoms in total. The molecule has 0 spiro atoms. The number of carbonyl (C=O) groups is 1. The van der Waals surface area contributed by atoms with Gasteiger partial charge in [0.05, 0.1) is 5.57 Å². The molecule has 0 saturated carbocycles. The minimum absolute atomic E-state index is 0.000000000000000222. The molecule has 0 amide bonds. The van der Waals surface area contributed by atoms with Gasteiger partial charge in [0, 0.05) is 11.6 Å². The van der Waals surface area contributed by atoms with Crippen molar-refractivity contribution in [3.63, 3.8) is 0 Å². The van der Waals surface area contributed by atoms with Crippen molar-refractivity contribution in [2.75, 3.05) is 0 Å².